The molecule has 0 saturated carbocycles. The lowest BCUT2D eigenvalue weighted by molar-refractivity contribution is 0.0600. The lowest BCUT2D eigenvalue weighted by Crippen LogP contribution is -1.98. The standard InChI is InChI=1S/C5H4BrNO2S/c1-9-5(8)4-7-2-3(6)10-4/h2H,1H3/i1D3,2D. The zero-order valence-electron chi connectivity index (χ0n) is 8.55. The van der Waals surface area contributed by atoms with Crippen molar-refractivity contribution in [3.05, 3.63) is 15.0 Å². The first kappa shape index (κ1) is 3.82. The third-order valence-corrected chi connectivity index (χ3v) is 2.08. The van der Waals surface area contributed by atoms with Crippen LogP contribution in [0.3, 0.4) is 0 Å². The molecule has 0 aliphatic heterocycles. The Labute approximate surface area is 75.8 Å². The summed E-state index contributed by atoms with van der Waals surface area (Å²) < 4.78 is 31.7. The molecule has 0 aromatic carbocycles. The van der Waals surface area contributed by atoms with E-state index < -0.39 is 13.0 Å². The first-order valence-electron chi connectivity index (χ1n) is 4.16. The van der Waals surface area contributed by atoms with Crippen LogP contribution in [0.15, 0.2) is 9.96 Å². The second-order valence-electron chi connectivity index (χ2n) is 1.29. The zero-order valence-corrected chi connectivity index (χ0v) is 6.95. The fourth-order valence-corrected chi connectivity index (χ4v) is 1.38. The Morgan fingerprint density at radius 2 is 3.00 bits per heavy atom. The van der Waals surface area contributed by atoms with Gasteiger partial charge >= 0.3 is 5.97 Å². The summed E-state index contributed by atoms with van der Waals surface area (Å²) in [6, 6.07) is 0. The van der Waals surface area contributed by atoms with Crippen molar-refractivity contribution in [2.24, 2.45) is 0 Å². The van der Waals surface area contributed by atoms with Gasteiger partial charge in [0.05, 0.1) is 22.5 Å². The van der Waals surface area contributed by atoms with Crippen LogP contribution in [0, 0.1) is 0 Å². The number of halogens is 1. The molecule has 1 heterocycles. The summed E-state index contributed by atoms with van der Waals surface area (Å²) in [5, 5.41) is -0.155. The van der Waals surface area contributed by atoms with Crippen LogP contribution >= 0.6 is 27.3 Å². The van der Waals surface area contributed by atoms with Gasteiger partial charge in [-0.1, -0.05) is 0 Å². The number of hydrogen-bond donors (Lipinski definition) is 0. The van der Waals surface area contributed by atoms with Gasteiger partial charge in [-0.3, -0.25) is 0 Å². The molecule has 0 fully saturated rings. The lowest BCUT2D eigenvalue weighted by atomic mass is 10.7. The molecule has 0 unspecified atom stereocenters. The molecule has 0 atom stereocenters. The van der Waals surface area contributed by atoms with Crippen molar-refractivity contribution < 1.29 is 15.0 Å². The number of nitrogens with zero attached hydrogens (tertiary/aromatic N) is 1. The van der Waals surface area contributed by atoms with E-state index in [1.165, 1.54) is 0 Å². The second-order valence-corrected chi connectivity index (χ2v) is 3.61. The van der Waals surface area contributed by atoms with Gasteiger partial charge in [-0.2, -0.15) is 0 Å². The lowest BCUT2D eigenvalue weighted by Gasteiger charge is -1.89. The minimum absolute atomic E-state index is 0.118. The maximum atomic E-state index is 11.1. The molecule has 10 heavy (non-hydrogen) atoms. The van der Waals surface area contributed by atoms with Gasteiger partial charge in [0.1, 0.15) is 0 Å². The van der Waals surface area contributed by atoms with E-state index in [2.05, 4.69) is 25.7 Å². The molecular weight excluding hydrogens is 218 g/mol. The van der Waals surface area contributed by atoms with Crippen LogP contribution in [-0.4, -0.2) is 18.0 Å². The molecule has 3 nitrogen and oxygen atoms in total. The molecule has 0 N–H and O–H groups in total. The molecule has 0 spiro atoms. The molecule has 1 aromatic heterocycles. The van der Waals surface area contributed by atoms with Gasteiger partial charge in [0.25, 0.3) is 0 Å². The van der Waals surface area contributed by atoms with Crippen molar-refractivity contribution in [2.75, 3.05) is 7.04 Å². The average molecular weight is 226 g/mol. The number of ether oxygens (including phenoxy) is 1. The maximum Gasteiger partial charge on any atom is 0.367 e. The van der Waals surface area contributed by atoms with E-state index in [1.807, 2.05) is 0 Å². The summed E-state index contributed by atoms with van der Waals surface area (Å²) in [7, 11) is -2.78. The van der Waals surface area contributed by atoms with Crippen molar-refractivity contribution in [1.29, 1.82) is 0 Å². The van der Waals surface area contributed by atoms with E-state index in [-0.39, 0.29) is 11.2 Å². The number of carbonyl (C=O) groups excluding carboxylic acids is 1. The Morgan fingerprint density at radius 3 is 3.50 bits per heavy atom. The highest BCUT2D eigenvalue weighted by Gasteiger charge is 2.08. The number of esters is 1. The number of thiazole rings is 1. The van der Waals surface area contributed by atoms with E-state index >= 15 is 0 Å². The molecule has 0 aliphatic rings. The van der Waals surface area contributed by atoms with Crippen LogP contribution in [0.5, 0.6) is 0 Å². The first-order valence-corrected chi connectivity index (χ1v) is 3.77. The Hall–Kier alpha value is -0.420. The Bertz CT molecular complexity index is 344. The summed E-state index contributed by atoms with van der Waals surface area (Å²) in [5.41, 5.74) is 0. The summed E-state index contributed by atoms with van der Waals surface area (Å²) in [4.78, 5) is 14.6. The van der Waals surface area contributed by atoms with Crippen LogP contribution in [0.4, 0.5) is 0 Å². The summed E-state index contributed by atoms with van der Waals surface area (Å²) >= 11 is 3.84. The van der Waals surface area contributed by atoms with Gasteiger partial charge < -0.3 is 4.74 Å². The van der Waals surface area contributed by atoms with Gasteiger partial charge in [-0.05, 0) is 15.9 Å². The Balaban J connectivity index is 2.80. The fraction of sp³-hybridized carbons (Fsp3) is 0.200. The quantitative estimate of drug-likeness (QED) is 0.684. The molecule has 0 saturated heterocycles. The molecular formula is C5H4BrNO2S. The SMILES string of the molecule is [2H]c1nc(C(=O)OC([2H])([2H])[2H])sc1Br. The largest absolute Gasteiger partial charge is 0.464 e. The van der Waals surface area contributed by atoms with E-state index in [4.69, 9.17) is 5.48 Å². The number of rotatable bonds is 1. The van der Waals surface area contributed by atoms with E-state index in [1.54, 1.807) is 0 Å². The number of methoxy groups -OCH3 is 1. The highest BCUT2D eigenvalue weighted by atomic mass is 79.9. The summed E-state index contributed by atoms with van der Waals surface area (Å²) in [5.74, 6) is -1.05. The van der Waals surface area contributed by atoms with Crippen molar-refractivity contribution in [3.8, 4) is 0 Å². The van der Waals surface area contributed by atoms with Crippen molar-refractivity contribution in [2.45, 2.75) is 0 Å². The van der Waals surface area contributed by atoms with Crippen molar-refractivity contribution >= 4 is 33.2 Å². The Morgan fingerprint density at radius 1 is 2.20 bits per heavy atom. The van der Waals surface area contributed by atoms with Gasteiger partial charge in [0, 0.05) is 0 Å². The van der Waals surface area contributed by atoms with Crippen molar-refractivity contribution in [1.82, 2.24) is 4.98 Å². The van der Waals surface area contributed by atoms with E-state index in [0.717, 1.165) is 11.3 Å². The molecule has 0 aliphatic carbocycles. The minimum atomic E-state index is -2.78. The first-order chi connectivity index (χ1) is 6.29. The van der Waals surface area contributed by atoms with E-state index in [9.17, 15) is 4.79 Å². The minimum Gasteiger partial charge on any atom is -0.464 e. The molecule has 1 aromatic rings. The number of aromatic nitrogens is 1. The van der Waals surface area contributed by atoms with Gasteiger partial charge in [0.2, 0.25) is 5.01 Å². The van der Waals surface area contributed by atoms with Gasteiger partial charge in [-0.25, -0.2) is 9.78 Å². The highest BCUT2D eigenvalue weighted by Crippen LogP contribution is 2.19. The topological polar surface area (TPSA) is 39.2 Å². The zero-order chi connectivity index (χ0) is 10.9. The van der Waals surface area contributed by atoms with Crippen LogP contribution < -0.4 is 0 Å². The van der Waals surface area contributed by atoms with Crippen molar-refractivity contribution in [3.63, 3.8) is 0 Å². The van der Waals surface area contributed by atoms with Crippen LogP contribution in [0.25, 0.3) is 0 Å². The van der Waals surface area contributed by atoms with Gasteiger partial charge in [0.15, 0.2) is 0 Å². The molecule has 5 heteroatoms. The monoisotopic (exact) mass is 225 g/mol. The van der Waals surface area contributed by atoms with Gasteiger partial charge in [-0.15, -0.1) is 11.3 Å². The average Bonchev–Trinajstić information content (AvgIpc) is 2.28. The molecule has 1 rings (SSSR count). The second kappa shape index (κ2) is 3.12. The third-order valence-electron chi connectivity index (χ3n) is 0.699. The highest BCUT2D eigenvalue weighted by molar-refractivity contribution is 9.11. The maximum absolute atomic E-state index is 11.1. The number of carbonyl (C=O) groups is 1. The third kappa shape index (κ3) is 1.54. The molecule has 54 valence electrons. The summed E-state index contributed by atoms with van der Waals surface area (Å²) in [6.07, 6.45) is -0.118. The smallest absolute Gasteiger partial charge is 0.367 e. The van der Waals surface area contributed by atoms with Crippen LogP contribution in [0.2, 0.25) is 0 Å². The van der Waals surface area contributed by atoms with Crippen LogP contribution in [0.1, 0.15) is 15.3 Å². The molecule has 0 bridgehead atoms. The number of hydrogen-bond acceptors (Lipinski definition) is 4. The molecule has 0 amide bonds. The Kier molecular flexibility index (Phi) is 1.19. The molecule has 0 radical (unpaired) electrons. The van der Waals surface area contributed by atoms with Crippen LogP contribution in [-0.2, 0) is 4.74 Å². The fourth-order valence-electron chi connectivity index (χ4n) is 0.356. The normalized spacial score (nSPS) is 16.5. The van der Waals surface area contributed by atoms with E-state index in [0.29, 0.717) is 3.79 Å². The predicted molar refractivity (Wildman–Crippen MR) is 41.2 cm³/mol. The summed E-state index contributed by atoms with van der Waals surface area (Å²) in [6.45, 7) is 0. The predicted octanol–water partition coefficient (Wildman–Crippen LogP) is 1.69.